The number of rotatable bonds is 2. The summed E-state index contributed by atoms with van der Waals surface area (Å²) in [7, 11) is 0. The number of piperidine rings is 1. The first kappa shape index (κ1) is 12.6. The lowest BCUT2D eigenvalue weighted by molar-refractivity contribution is 0.145. The molecule has 0 amide bonds. The number of nitrogens with zero attached hydrogens (tertiary/aromatic N) is 3. The SMILES string of the molecule is Cc1nc(Cl)cc(N2CCCC[C@H]2[C@H](C)O)n1. The highest BCUT2D eigenvalue weighted by Crippen LogP contribution is 2.26. The smallest absolute Gasteiger partial charge is 0.134 e. The maximum absolute atomic E-state index is 9.83. The third-order valence-corrected chi connectivity index (χ3v) is 3.39. The van der Waals surface area contributed by atoms with Gasteiger partial charge in [-0.2, -0.15) is 0 Å². The summed E-state index contributed by atoms with van der Waals surface area (Å²) >= 11 is 5.96. The van der Waals surface area contributed by atoms with Gasteiger partial charge in [0.15, 0.2) is 0 Å². The Morgan fingerprint density at radius 2 is 2.24 bits per heavy atom. The van der Waals surface area contributed by atoms with Crippen LogP contribution in [0.3, 0.4) is 0 Å². The number of aromatic nitrogens is 2. The largest absolute Gasteiger partial charge is 0.391 e. The third kappa shape index (κ3) is 2.87. The van der Waals surface area contributed by atoms with E-state index in [0.29, 0.717) is 11.0 Å². The fourth-order valence-corrected chi connectivity index (χ4v) is 2.63. The van der Waals surface area contributed by atoms with Gasteiger partial charge in [0, 0.05) is 12.6 Å². The number of halogens is 1. The second-order valence-corrected chi connectivity index (χ2v) is 4.98. The van der Waals surface area contributed by atoms with Gasteiger partial charge in [-0.3, -0.25) is 0 Å². The highest BCUT2D eigenvalue weighted by Gasteiger charge is 2.27. The van der Waals surface area contributed by atoms with Crippen molar-refractivity contribution in [1.29, 1.82) is 0 Å². The molecule has 0 radical (unpaired) electrons. The molecule has 0 saturated carbocycles. The third-order valence-electron chi connectivity index (χ3n) is 3.19. The molecule has 2 heterocycles. The minimum Gasteiger partial charge on any atom is -0.391 e. The molecule has 0 aromatic carbocycles. The Morgan fingerprint density at radius 3 is 2.88 bits per heavy atom. The summed E-state index contributed by atoms with van der Waals surface area (Å²) < 4.78 is 0. The highest BCUT2D eigenvalue weighted by atomic mass is 35.5. The molecule has 0 unspecified atom stereocenters. The van der Waals surface area contributed by atoms with Gasteiger partial charge in [0.1, 0.15) is 16.8 Å². The number of anilines is 1. The normalized spacial score (nSPS) is 22.6. The highest BCUT2D eigenvalue weighted by molar-refractivity contribution is 6.29. The molecule has 2 rings (SSSR count). The summed E-state index contributed by atoms with van der Waals surface area (Å²) in [6.45, 7) is 4.58. The lowest BCUT2D eigenvalue weighted by atomic mass is 9.98. The van der Waals surface area contributed by atoms with Gasteiger partial charge in [-0.05, 0) is 33.1 Å². The van der Waals surface area contributed by atoms with Crippen molar-refractivity contribution in [2.24, 2.45) is 0 Å². The first-order chi connectivity index (χ1) is 8.08. The van der Waals surface area contributed by atoms with Crippen LogP contribution in [0.5, 0.6) is 0 Å². The first-order valence-corrected chi connectivity index (χ1v) is 6.41. The van der Waals surface area contributed by atoms with Crippen molar-refractivity contribution in [3.8, 4) is 0 Å². The zero-order valence-corrected chi connectivity index (χ0v) is 11.0. The minimum atomic E-state index is -0.357. The molecule has 1 fully saturated rings. The van der Waals surface area contributed by atoms with E-state index in [1.165, 1.54) is 0 Å². The topological polar surface area (TPSA) is 49.2 Å². The average Bonchev–Trinajstić information content (AvgIpc) is 2.27. The molecule has 1 aromatic rings. The van der Waals surface area contributed by atoms with E-state index in [1.54, 1.807) is 6.07 Å². The summed E-state index contributed by atoms with van der Waals surface area (Å²) in [5.74, 6) is 1.50. The Morgan fingerprint density at radius 1 is 1.47 bits per heavy atom. The lowest BCUT2D eigenvalue weighted by Crippen LogP contribution is -2.46. The van der Waals surface area contributed by atoms with Crippen molar-refractivity contribution in [2.45, 2.75) is 45.3 Å². The van der Waals surface area contributed by atoms with Gasteiger partial charge in [-0.25, -0.2) is 9.97 Å². The van der Waals surface area contributed by atoms with Gasteiger partial charge < -0.3 is 10.0 Å². The monoisotopic (exact) mass is 255 g/mol. The summed E-state index contributed by atoms with van der Waals surface area (Å²) in [6, 6.07) is 1.91. The molecular formula is C12H18ClN3O. The van der Waals surface area contributed by atoms with E-state index in [2.05, 4.69) is 14.9 Å². The van der Waals surface area contributed by atoms with Crippen molar-refractivity contribution in [3.05, 3.63) is 17.0 Å². The maximum atomic E-state index is 9.83. The van der Waals surface area contributed by atoms with Crippen LogP contribution < -0.4 is 4.90 Å². The molecule has 1 N–H and O–H groups in total. The fraction of sp³-hybridized carbons (Fsp3) is 0.667. The van der Waals surface area contributed by atoms with Crippen LogP contribution >= 0.6 is 11.6 Å². The molecule has 0 bridgehead atoms. The summed E-state index contributed by atoms with van der Waals surface area (Å²) in [6.07, 6.45) is 2.93. The van der Waals surface area contributed by atoms with Crippen LogP contribution in [0.2, 0.25) is 5.15 Å². The lowest BCUT2D eigenvalue weighted by Gasteiger charge is -2.38. The van der Waals surface area contributed by atoms with E-state index in [1.807, 2.05) is 13.8 Å². The fourth-order valence-electron chi connectivity index (χ4n) is 2.41. The second kappa shape index (κ2) is 5.19. The number of aliphatic hydroxyl groups excluding tert-OH is 1. The molecule has 4 nitrogen and oxygen atoms in total. The average molecular weight is 256 g/mol. The van der Waals surface area contributed by atoms with Gasteiger partial charge >= 0.3 is 0 Å². The van der Waals surface area contributed by atoms with Crippen molar-refractivity contribution < 1.29 is 5.11 Å². The summed E-state index contributed by atoms with van der Waals surface area (Å²) in [5.41, 5.74) is 0. The van der Waals surface area contributed by atoms with Crippen LogP contribution in [-0.2, 0) is 0 Å². The van der Waals surface area contributed by atoms with Gasteiger partial charge in [0.25, 0.3) is 0 Å². The van der Waals surface area contributed by atoms with Crippen molar-refractivity contribution >= 4 is 17.4 Å². The molecule has 17 heavy (non-hydrogen) atoms. The zero-order valence-electron chi connectivity index (χ0n) is 10.2. The molecule has 0 aliphatic carbocycles. The zero-order chi connectivity index (χ0) is 12.4. The van der Waals surface area contributed by atoms with Crippen LogP contribution in [0.4, 0.5) is 5.82 Å². The van der Waals surface area contributed by atoms with E-state index >= 15 is 0 Å². The van der Waals surface area contributed by atoms with Crippen molar-refractivity contribution in [2.75, 3.05) is 11.4 Å². The van der Waals surface area contributed by atoms with Gasteiger partial charge in [0.2, 0.25) is 0 Å². The van der Waals surface area contributed by atoms with Crippen LogP contribution in [-0.4, -0.2) is 33.8 Å². The standard InChI is InChI=1S/C12H18ClN3O/c1-8(17)10-5-3-4-6-16(10)12-7-11(13)14-9(2)15-12/h7-8,10,17H,3-6H2,1-2H3/t8-,10-/m0/s1. The quantitative estimate of drug-likeness (QED) is 0.823. The van der Waals surface area contributed by atoms with E-state index < -0.39 is 0 Å². The van der Waals surface area contributed by atoms with E-state index in [9.17, 15) is 5.11 Å². The van der Waals surface area contributed by atoms with Crippen LogP contribution in [0.15, 0.2) is 6.07 Å². The molecule has 2 atom stereocenters. The molecule has 1 aromatic heterocycles. The van der Waals surface area contributed by atoms with E-state index in [4.69, 9.17) is 11.6 Å². The van der Waals surface area contributed by atoms with Crippen LogP contribution in [0.1, 0.15) is 32.0 Å². The van der Waals surface area contributed by atoms with Gasteiger partial charge in [-0.1, -0.05) is 11.6 Å². The maximum Gasteiger partial charge on any atom is 0.134 e. The van der Waals surface area contributed by atoms with Gasteiger partial charge in [-0.15, -0.1) is 0 Å². The molecular weight excluding hydrogens is 238 g/mol. The predicted molar refractivity (Wildman–Crippen MR) is 68.4 cm³/mol. The van der Waals surface area contributed by atoms with E-state index in [0.717, 1.165) is 31.6 Å². The van der Waals surface area contributed by atoms with Crippen LogP contribution in [0.25, 0.3) is 0 Å². The summed E-state index contributed by atoms with van der Waals surface area (Å²) in [4.78, 5) is 10.6. The molecule has 0 spiro atoms. The first-order valence-electron chi connectivity index (χ1n) is 6.04. The Kier molecular flexibility index (Phi) is 3.84. The minimum absolute atomic E-state index is 0.133. The van der Waals surface area contributed by atoms with E-state index in [-0.39, 0.29) is 12.1 Å². The molecule has 5 heteroatoms. The van der Waals surface area contributed by atoms with Crippen molar-refractivity contribution in [1.82, 2.24) is 9.97 Å². The summed E-state index contributed by atoms with van der Waals surface area (Å²) in [5, 5.41) is 10.3. The number of aliphatic hydroxyl groups is 1. The van der Waals surface area contributed by atoms with Crippen LogP contribution in [0, 0.1) is 6.92 Å². The molecule has 1 aliphatic rings. The Bertz CT molecular complexity index is 377. The number of hydrogen-bond acceptors (Lipinski definition) is 4. The molecule has 1 aliphatic heterocycles. The Hall–Kier alpha value is -0.870. The molecule has 1 saturated heterocycles. The van der Waals surface area contributed by atoms with Gasteiger partial charge in [0.05, 0.1) is 12.1 Å². The molecule has 94 valence electrons. The predicted octanol–water partition coefficient (Wildman–Crippen LogP) is 2.18. The van der Waals surface area contributed by atoms with Crippen molar-refractivity contribution in [3.63, 3.8) is 0 Å². The second-order valence-electron chi connectivity index (χ2n) is 4.59. The Labute approximate surface area is 107 Å². The number of hydrogen-bond donors (Lipinski definition) is 1. The Balaban J connectivity index is 2.29. The number of aryl methyl sites for hydroxylation is 1.